The number of aryl methyl sites for hydroxylation is 1. The Morgan fingerprint density at radius 2 is 1.83 bits per heavy atom. The van der Waals surface area contributed by atoms with Crippen molar-refractivity contribution in [2.75, 3.05) is 13.7 Å². The van der Waals surface area contributed by atoms with Gasteiger partial charge in [0.1, 0.15) is 5.75 Å². The van der Waals surface area contributed by atoms with Crippen LogP contribution in [-0.2, 0) is 11.2 Å². The second-order valence-electron chi connectivity index (χ2n) is 5.74. The van der Waals surface area contributed by atoms with Crippen LogP contribution in [0.2, 0.25) is 0 Å². The van der Waals surface area contributed by atoms with E-state index >= 15 is 0 Å². The van der Waals surface area contributed by atoms with E-state index in [1.807, 2.05) is 25.1 Å². The Morgan fingerprint density at radius 3 is 2.58 bits per heavy atom. The smallest absolute Gasteiger partial charge is 0.220 e. The van der Waals surface area contributed by atoms with Gasteiger partial charge in [-0.2, -0.15) is 0 Å². The summed E-state index contributed by atoms with van der Waals surface area (Å²) in [4.78, 5) is 24.0. The fourth-order valence-corrected chi connectivity index (χ4v) is 2.47. The highest BCUT2D eigenvalue weighted by molar-refractivity contribution is 5.98. The molecule has 4 heteroatoms. The van der Waals surface area contributed by atoms with Crippen LogP contribution in [0.15, 0.2) is 48.5 Å². The van der Waals surface area contributed by atoms with Crippen molar-refractivity contribution in [1.82, 2.24) is 5.32 Å². The molecule has 0 aliphatic rings. The molecule has 0 aliphatic heterocycles. The van der Waals surface area contributed by atoms with Gasteiger partial charge in [0.05, 0.1) is 7.11 Å². The molecular weight excluding hydrogens is 302 g/mol. The predicted octanol–water partition coefficient (Wildman–Crippen LogP) is 3.33. The summed E-state index contributed by atoms with van der Waals surface area (Å²) in [7, 11) is 1.56. The van der Waals surface area contributed by atoms with Crippen molar-refractivity contribution in [1.29, 1.82) is 0 Å². The summed E-state index contributed by atoms with van der Waals surface area (Å²) in [6.07, 6.45) is 1.19. The number of carbonyl (C=O) groups excluding carboxylic acids is 2. The summed E-state index contributed by atoms with van der Waals surface area (Å²) in [5.74, 6) is 0.491. The van der Waals surface area contributed by atoms with Crippen LogP contribution in [-0.4, -0.2) is 25.3 Å². The zero-order valence-corrected chi connectivity index (χ0v) is 14.2. The van der Waals surface area contributed by atoms with E-state index in [1.54, 1.807) is 31.4 Å². The van der Waals surface area contributed by atoms with Crippen LogP contribution >= 0.6 is 0 Å². The zero-order chi connectivity index (χ0) is 17.4. The highest BCUT2D eigenvalue weighted by Gasteiger charge is 2.10. The van der Waals surface area contributed by atoms with Gasteiger partial charge in [0.2, 0.25) is 5.91 Å². The van der Waals surface area contributed by atoms with Gasteiger partial charge < -0.3 is 10.1 Å². The molecule has 2 rings (SSSR count). The van der Waals surface area contributed by atoms with Crippen molar-refractivity contribution >= 4 is 11.7 Å². The van der Waals surface area contributed by atoms with E-state index in [2.05, 4.69) is 11.4 Å². The van der Waals surface area contributed by atoms with Gasteiger partial charge in [-0.05, 0) is 31.0 Å². The van der Waals surface area contributed by atoms with Crippen molar-refractivity contribution in [3.05, 3.63) is 65.2 Å². The SMILES string of the molecule is COc1cccc(C(=O)CCC(=O)NCCc2cccc(C)c2)c1. The number of methoxy groups -OCH3 is 1. The number of nitrogens with one attached hydrogen (secondary N) is 1. The monoisotopic (exact) mass is 325 g/mol. The minimum Gasteiger partial charge on any atom is -0.497 e. The van der Waals surface area contributed by atoms with Gasteiger partial charge in [0.25, 0.3) is 0 Å². The van der Waals surface area contributed by atoms with Crippen LogP contribution in [0.3, 0.4) is 0 Å². The maximum Gasteiger partial charge on any atom is 0.220 e. The van der Waals surface area contributed by atoms with Crippen molar-refractivity contribution in [3.8, 4) is 5.75 Å². The van der Waals surface area contributed by atoms with Gasteiger partial charge in [-0.1, -0.05) is 42.0 Å². The lowest BCUT2D eigenvalue weighted by Gasteiger charge is -2.06. The van der Waals surface area contributed by atoms with Crippen LogP contribution in [0.4, 0.5) is 0 Å². The first kappa shape index (κ1) is 17.7. The maximum absolute atomic E-state index is 12.1. The molecule has 0 atom stereocenters. The second kappa shape index (κ2) is 8.87. The summed E-state index contributed by atoms with van der Waals surface area (Å²) in [6, 6.07) is 15.2. The lowest BCUT2D eigenvalue weighted by atomic mass is 10.1. The average molecular weight is 325 g/mol. The van der Waals surface area contributed by atoms with Crippen LogP contribution in [0.25, 0.3) is 0 Å². The summed E-state index contributed by atoms with van der Waals surface area (Å²) < 4.78 is 5.10. The predicted molar refractivity (Wildman–Crippen MR) is 94.5 cm³/mol. The van der Waals surface area contributed by atoms with Crippen LogP contribution in [0.5, 0.6) is 5.75 Å². The highest BCUT2D eigenvalue weighted by Crippen LogP contribution is 2.14. The Hall–Kier alpha value is -2.62. The maximum atomic E-state index is 12.1. The molecule has 1 N–H and O–H groups in total. The quantitative estimate of drug-likeness (QED) is 0.758. The van der Waals surface area contributed by atoms with Gasteiger partial charge in [0, 0.05) is 24.9 Å². The van der Waals surface area contributed by atoms with E-state index in [1.165, 1.54) is 11.1 Å². The number of ketones is 1. The number of amides is 1. The number of benzene rings is 2. The Bertz CT molecular complexity index is 710. The summed E-state index contributed by atoms with van der Waals surface area (Å²) >= 11 is 0. The van der Waals surface area contributed by atoms with E-state index in [4.69, 9.17) is 4.74 Å². The molecule has 0 saturated heterocycles. The van der Waals surface area contributed by atoms with Crippen molar-refractivity contribution < 1.29 is 14.3 Å². The molecular formula is C20H23NO3. The lowest BCUT2D eigenvalue weighted by molar-refractivity contribution is -0.121. The van der Waals surface area contributed by atoms with Gasteiger partial charge in [-0.15, -0.1) is 0 Å². The largest absolute Gasteiger partial charge is 0.497 e. The third kappa shape index (κ3) is 5.54. The average Bonchev–Trinajstić information content (AvgIpc) is 2.60. The van der Waals surface area contributed by atoms with Crippen molar-refractivity contribution in [3.63, 3.8) is 0 Å². The molecule has 0 heterocycles. The molecule has 0 unspecified atom stereocenters. The topological polar surface area (TPSA) is 55.4 Å². The number of rotatable bonds is 8. The second-order valence-corrected chi connectivity index (χ2v) is 5.74. The normalized spacial score (nSPS) is 10.2. The molecule has 0 fully saturated rings. The van der Waals surface area contributed by atoms with E-state index < -0.39 is 0 Å². The number of hydrogen-bond acceptors (Lipinski definition) is 3. The molecule has 24 heavy (non-hydrogen) atoms. The fraction of sp³-hybridized carbons (Fsp3) is 0.300. The van der Waals surface area contributed by atoms with Crippen LogP contribution in [0.1, 0.15) is 34.3 Å². The molecule has 0 saturated carbocycles. The number of carbonyl (C=O) groups is 2. The molecule has 126 valence electrons. The number of ether oxygens (including phenoxy) is 1. The van der Waals surface area contributed by atoms with Gasteiger partial charge in [-0.3, -0.25) is 9.59 Å². The number of Topliss-reactive ketones (excluding diaryl/α,β-unsaturated/α-hetero) is 1. The first-order valence-corrected chi connectivity index (χ1v) is 8.08. The van der Waals surface area contributed by atoms with Crippen molar-refractivity contribution in [2.24, 2.45) is 0 Å². The first-order chi connectivity index (χ1) is 11.6. The minimum atomic E-state index is -0.0982. The Labute approximate surface area is 142 Å². The minimum absolute atomic E-state index is 0.0530. The molecule has 0 bridgehead atoms. The molecule has 0 aliphatic carbocycles. The Kier molecular flexibility index (Phi) is 6.55. The van der Waals surface area contributed by atoms with Gasteiger partial charge in [0.15, 0.2) is 5.78 Å². The molecule has 1 amide bonds. The first-order valence-electron chi connectivity index (χ1n) is 8.08. The van der Waals surface area contributed by atoms with Crippen LogP contribution < -0.4 is 10.1 Å². The summed E-state index contributed by atoms with van der Waals surface area (Å²) in [6.45, 7) is 2.63. The fourth-order valence-electron chi connectivity index (χ4n) is 2.47. The van der Waals surface area contributed by atoms with Crippen LogP contribution in [0, 0.1) is 6.92 Å². The third-order valence-corrected chi connectivity index (χ3v) is 3.79. The third-order valence-electron chi connectivity index (χ3n) is 3.79. The summed E-state index contributed by atoms with van der Waals surface area (Å²) in [5.41, 5.74) is 2.98. The van der Waals surface area contributed by atoms with Gasteiger partial charge >= 0.3 is 0 Å². The van der Waals surface area contributed by atoms with E-state index in [0.29, 0.717) is 17.9 Å². The molecule has 4 nitrogen and oxygen atoms in total. The zero-order valence-electron chi connectivity index (χ0n) is 14.2. The number of hydrogen-bond donors (Lipinski definition) is 1. The van der Waals surface area contributed by atoms with E-state index in [-0.39, 0.29) is 24.5 Å². The molecule has 0 radical (unpaired) electrons. The van der Waals surface area contributed by atoms with Crippen molar-refractivity contribution in [2.45, 2.75) is 26.2 Å². The molecule has 2 aromatic rings. The molecule has 0 spiro atoms. The highest BCUT2D eigenvalue weighted by atomic mass is 16.5. The molecule has 0 aromatic heterocycles. The standard InChI is InChI=1S/C20H23NO3/c1-15-5-3-6-16(13-15)11-12-21-20(23)10-9-19(22)17-7-4-8-18(14-17)24-2/h3-8,13-14H,9-12H2,1-2H3,(H,21,23). The summed E-state index contributed by atoms with van der Waals surface area (Å²) in [5, 5.41) is 2.86. The lowest BCUT2D eigenvalue weighted by Crippen LogP contribution is -2.26. The molecule has 2 aromatic carbocycles. The van der Waals surface area contributed by atoms with E-state index in [9.17, 15) is 9.59 Å². The van der Waals surface area contributed by atoms with E-state index in [0.717, 1.165) is 6.42 Å². The Morgan fingerprint density at radius 1 is 1.04 bits per heavy atom. The Balaban J connectivity index is 1.73. The van der Waals surface area contributed by atoms with Gasteiger partial charge in [-0.25, -0.2) is 0 Å².